The van der Waals surface area contributed by atoms with Gasteiger partial charge < -0.3 is 10.4 Å². The van der Waals surface area contributed by atoms with Gasteiger partial charge in [0.25, 0.3) is 0 Å². The Morgan fingerprint density at radius 2 is 1.90 bits per heavy atom. The molecule has 0 aliphatic rings. The Morgan fingerprint density at radius 1 is 1.05 bits per heavy atom. The molecule has 0 spiro atoms. The van der Waals surface area contributed by atoms with Crippen LogP contribution < -0.4 is 5.32 Å². The quantitative estimate of drug-likeness (QED) is 0.719. The second-order valence-corrected chi connectivity index (χ2v) is 6.43. The normalized spacial score (nSPS) is 11.1. The van der Waals surface area contributed by atoms with Crippen LogP contribution in [0.3, 0.4) is 0 Å². The zero-order valence-corrected chi connectivity index (χ0v) is 13.2. The van der Waals surface area contributed by atoms with Crippen LogP contribution in [0.4, 0.5) is 0 Å². The predicted molar refractivity (Wildman–Crippen MR) is 88.2 cm³/mol. The molecule has 0 bridgehead atoms. The number of phenols is 1. The minimum absolute atomic E-state index is 0.349. The van der Waals surface area contributed by atoms with Gasteiger partial charge >= 0.3 is 0 Å². The first kappa shape index (κ1) is 13.6. The Kier molecular flexibility index (Phi) is 4.05. The predicted octanol–water partition coefficient (Wildman–Crippen LogP) is 4.66. The smallest absolute Gasteiger partial charge is 0.120 e. The monoisotopic (exact) mass is 347 g/mol. The van der Waals surface area contributed by atoms with Crippen molar-refractivity contribution in [2.45, 2.75) is 13.1 Å². The van der Waals surface area contributed by atoms with E-state index in [0.717, 1.165) is 27.4 Å². The lowest BCUT2D eigenvalue weighted by Gasteiger charge is -2.10. The molecule has 0 aliphatic carbocycles. The third-order valence-electron chi connectivity index (χ3n) is 3.29. The Balaban J connectivity index is 1.80. The van der Waals surface area contributed by atoms with E-state index in [1.807, 2.05) is 24.3 Å². The number of benzene rings is 2. The number of nitrogens with one attached hydrogen (secondary N) is 1. The van der Waals surface area contributed by atoms with Crippen LogP contribution in [-0.2, 0) is 13.1 Å². The molecule has 1 heterocycles. The minimum atomic E-state index is 0.349. The summed E-state index contributed by atoms with van der Waals surface area (Å²) in [6, 6.07) is 13.9. The topological polar surface area (TPSA) is 32.3 Å². The van der Waals surface area contributed by atoms with Crippen molar-refractivity contribution in [2.24, 2.45) is 0 Å². The maximum Gasteiger partial charge on any atom is 0.120 e. The van der Waals surface area contributed by atoms with Gasteiger partial charge in [-0.25, -0.2) is 0 Å². The van der Waals surface area contributed by atoms with Crippen LogP contribution in [0.15, 0.2) is 52.3 Å². The van der Waals surface area contributed by atoms with E-state index in [1.54, 1.807) is 17.4 Å². The van der Waals surface area contributed by atoms with Crippen LogP contribution >= 0.6 is 27.3 Å². The highest BCUT2D eigenvalue weighted by Gasteiger charge is 2.07. The summed E-state index contributed by atoms with van der Waals surface area (Å²) >= 11 is 5.25. The summed E-state index contributed by atoms with van der Waals surface area (Å²) in [5.74, 6) is 0.349. The van der Waals surface area contributed by atoms with Crippen LogP contribution in [0.25, 0.3) is 10.8 Å². The van der Waals surface area contributed by atoms with E-state index in [1.165, 1.54) is 4.88 Å². The van der Waals surface area contributed by atoms with Crippen molar-refractivity contribution in [3.63, 3.8) is 0 Å². The largest absolute Gasteiger partial charge is 0.508 e. The van der Waals surface area contributed by atoms with Gasteiger partial charge in [0.05, 0.1) is 0 Å². The van der Waals surface area contributed by atoms with Gasteiger partial charge in [0.15, 0.2) is 0 Å². The molecule has 0 fully saturated rings. The van der Waals surface area contributed by atoms with Crippen LogP contribution in [0.2, 0.25) is 0 Å². The summed E-state index contributed by atoms with van der Waals surface area (Å²) in [7, 11) is 0. The van der Waals surface area contributed by atoms with Crippen molar-refractivity contribution in [3.05, 3.63) is 62.8 Å². The Morgan fingerprint density at radius 3 is 2.70 bits per heavy atom. The molecule has 1 aromatic heterocycles. The lowest BCUT2D eigenvalue weighted by molar-refractivity contribution is 0.466. The highest BCUT2D eigenvalue weighted by Crippen LogP contribution is 2.27. The number of hydrogen-bond acceptors (Lipinski definition) is 3. The molecule has 20 heavy (non-hydrogen) atoms. The highest BCUT2D eigenvalue weighted by molar-refractivity contribution is 9.10. The van der Waals surface area contributed by atoms with E-state index < -0.39 is 0 Å². The maximum atomic E-state index is 10.1. The molecule has 2 nitrogen and oxygen atoms in total. The van der Waals surface area contributed by atoms with Crippen LogP contribution in [0, 0.1) is 0 Å². The number of fused-ring (bicyclic) bond motifs is 1. The summed E-state index contributed by atoms with van der Waals surface area (Å²) in [5, 5.41) is 17.8. The zero-order valence-electron chi connectivity index (χ0n) is 10.8. The van der Waals surface area contributed by atoms with E-state index in [-0.39, 0.29) is 0 Å². The molecule has 0 saturated heterocycles. The molecule has 102 valence electrons. The van der Waals surface area contributed by atoms with Gasteiger partial charge in [-0.3, -0.25) is 0 Å². The van der Waals surface area contributed by atoms with Crippen molar-refractivity contribution >= 4 is 38.0 Å². The van der Waals surface area contributed by atoms with Crippen molar-refractivity contribution in [2.75, 3.05) is 0 Å². The fourth-order valence-corrected chi connectivity index (χ4v) is 3.72. The van der Waals surface area contributed by atoms with E-state index >= 15 is 0 Å². The molecule has 3 aromatic rings. The fourth-order valence-electron chi connectivity index (χ4n) is 2.26. The summed E-state index contributed by atoms with van der Waals surface area (Å²) in [5.41, 5.74) is 0.954. The molecular weight excluding hydrogens is 334 g/mol. The van der Waals surface area contributed by atoms with Gasteiger partial charge in [-0.2, -0.15) is 0 Å². The van der Waals surface area contributed by atoms with E-state index in [9.17, 15) is 5.11 Å². The number of aromatic hydroxyl groups is 1. The standard InChI is InChI=1S/C16H14BrNOS/c17-14-7-8-20-16(14)10-18-9-13-12-4-2-1-3-11(12)5-6-15(13)19/h1-8,18-19H,9-10H2. The van der Waals surface area contributed by atoms with E-state index in [4.69, 9.17) is 0 Å². The van der Waals surface area contributed by atoms with Crippen LogP contribution in [0.5, 0.6) is 5.75 Å². The second-order valence-electron chi connectivity index (χ2n) is 4.58. The molecule has 0 atom stereocenters. The first-order valence-electron chi connectivity index (χ1n) is 6.38. The molecule has 0 aliphatic heterocycles. The minimum Gasteiger partial charge on any atom is -0.508 e. The molecule has 0 radical (unpaired) electrons. The summed E-state index contributed by atoms with van der Waals surface area (Å²) in [6.45, 7) is 1.44. The van der Waals surface area contributed by atoms with Gasteiger partial charge in [-0.1, -0.05) is 30.3 Å². The lowest BCUT2D eigenvalue weighted by Crippen LogP contribution is -2.12. The van der Waals surface area contributed by atoms with Gasteiger partial charge in [0.2, 0.25) is 0 Å². The van der Waals surface area contributed by atoms with Crippen molar-refractivity contribution in [1.82, 2.24) is 5.32 Å². The average molecular weight is 348 g/mol. The maximum absolute atomic E-state index is 10.1. The van der Waals surface area contributed by atoms with Crippen molar-refractivity contribution in [1.29, 1.82) is 0 Å². The molecule has 0 unspecified atom stereocenters. The third kappa shape index (κ3) is 2.73. The number of halogens is 1. The van der Waals surface area contributed by atoms with Crippen LogP contribution in [-0.4, -0.2) is 5.11 Å². The van der Waals surface area contributed by atoms with E-state index in [0.29, 0.717) is 12.3 Å². The van der Waals surface area contributed by atoms with E-state index in [2.05, 4.69) is 38.8 Å². The molecule has 2 N–H and O–H groups in total. The summed E-state index contributed by atoms with van der Waals surface area (Å²) in [6.07, 6.45) is 0. The first-order chi connectivity index (χ1) is 9.75. The Bertz CT molecular complexity index is 738. The molecule has 0 saturated carbocycles. The Labute approximate surface area is 130 Å². The highest BCUT2D eigenvalue weighted by atomic mass is 79.9. The van der Waals surface area contributed by atoms with Gasteiger partial charge in [0, 0.05) is 28.0 Å². The third-order valence-corrected chi connectivity index (χ3v) is 5.22. The molecule has 4 heteroatoms. The first-order valence-corrected chi connectivity index (χ1v) is 8.05. The number of rotatable bonds is 4. The van der Waals surface area contributed by atoms with Crippen LogP contribution in [0.1, 0.15) is 10.4 Å². The lowest BCUT2D eigenvalue weighted by atomic mass is 10.0. The van der Waals surface area contributed by atoms with Gasteiger partial charge in [0.1, 0.15) is 5.75 Å². The summed E-state index contributed by atoms with van der Waals surface area (Å²) < 4.78 is 1.14. The fraction of sp³-hybridized carbons (Fsp3) is 0.125. The number of hydrogen-bond donors (Lipinski definition) is 2. The number of thiophene rings is 1. The summed E-state index contributed by atoms with van der Waals surface area (Å²) in [4.78, 5) is 1.27. The van der Waals surface area contributed by atoms with Gasteiger partial charge in [-0.05, 0) is 44.2 Å². The molecule has 2 aromatic carbocycles. The van der Waals surface area contributed by atoms with Crippen molar-refractivity contribution < 1.29 is 5.11 Å². The number of phenolic OH excluding ortho intramolecular Hbond substituents is 1. The van der Waals surface area contributed by atoms with Gasteiger partial charge in [-0.15, -0.1) is 11.3 Å². The second kappa shape index (κ2) is 5.95. The molecule has 0 amide bonds. The Hall–Kier alpha value is -1.36. The molecule has 3 rings (SSSR count). The molecular formula is C16H14BrNOS. The SMILES string of the molecule is Oc1ccc2ccccc2c1CNCc1sccc1Br. The average Bonchev–Trinajstić information content (AvgIpc) is 2.87. The zero-order chi connectivity index (χ0) is 13.9. The van der Waals surface area contributed by atoms with Crippen molar-refractivity contribution in [3.8, 4) is 5.75 Å².